The normalized spacial score (nSPS) is 12.5. The molecule has 0 heterocycles. The van der Waals surface area contributed by atoms with Gasteiger partial charge in [0.25, 0.3) is 0 Å². The number of carbonyl (C=O) groups excluding carboxylic acids is 3. The molecule has 0 aliphatic heterocycles. The summed E-state index contributed by atoms with van der Waals surface area (Å²) in [5.41, 5.74) is 0. The first-order valence-electron chi connectivity index (χ1n) is 28.8. The van der Waals surface area contributed by atoms with Crippen molar-refractivity contribution >= 4 is 17.9 Å². The number of carbonyl (C=O) groups is 3. The van der Waals surface area contributed by atoms with Crippen molar-refractivity contribution < 1.29 is 28.6 Å². The quantitative estimate of drug-likeness (QED) is 0.0262. The molecule has 0 unspecified atom stereocenters. The number of unbranched alkanes of at least 4 members (excludes halogenated alkanes) is 31. The van der Waals surface area contributed by atoms with Gasteiger partial charge in [-0.1, -0.05) is 242 Å². The minimum atomic E-state index is -0.788. The summed E-state index contributed by atoms with van der Waals surface area (Å²) in [6.07, 6.45) is 69.1. The van der Waals surface area contributed by atoms with Gasteiger partial charge in [-0.15, -0.1) is 0 Å². The van der Waals surface area contributed by atoms with E-state index in [4.69, 9.17) is 14.2 Å². The monoisotopic (exact) mass is 937 g/mol. The van der Waals surface area contributed by atoms with Gasteiger partial charge in [-0.3, -0.25) is 14.4 Å². The minimum Gasteiger partial charge on any atom is -0.462 e. The van der Waals surface area contributed by atoms with Crippen LogP contribution < -0.4 is 0 Å². The van der Waals surface area contributed by atoms with Crippen LogP contribution in [0.25, 0.3) is 0 Å². The largest absolute Gasteiger partial charge is 0.462 e. The third-order valence-corrected chi connectivity index (χ3v) is 12.5. The molecule has 0 saturated carbocycles. The van der Waals surface area contributed by atoms with Crippen molar-refractivity contribution in [3.63, 3.8) is 0 Å². The Morgan fingerprint density at radius 2 is 0.537 bits per heavy atom. The molecular weight excluding hydrogens is 829 g/mol. The highest BCUT2D eigenvalue weighted by Crippen LogP contribution is 2.16. The average molecular weight is 938 g/mol. The Kier molecular flexibility index (Phi) is 53.3. The molecule has 0 radical (unpaired) electrons. The maximum atomic E-state index is 12.8. The second-order valence-electron chi connectivity index (χ2n) is 19.2. The van der Waals surface area contributed by atoms with E-state index in [-0.39, 0.29) is 31.1 Å². The van der Waals surface area contributed by atoms with E-state index in [0.29, 0.717) is 19.3 Å². The highest BCUT2D eigenvalue weighted by atomic mass is 16.6. The van der Waals surface area contributed by atoms with Crippen LogP contribution >= 0.6 is 0 Å². The van der Waals surface area contributed by atoms with E-state index in [1.807, 2.05) is 0 Å². The number of esters is 3. The van der Waals surface area contributed by atoms with Gasteiger partial charge >= 0.3 is 17.9 Å². The van der Waals surface area contributed by atoms with Crippen LogP contribution in [-0.4, -0.2) is 37.2 Å². The van der Waals surface area contributed by atoms with E-state index in [1.54, 1.807) is 0 Å². The van der Waals surface area contributed by atoms with E-state index < -0.39 is 6.10 Å². The maximum Gasteiger partial charge on any atom is 0.306 e. The zero-order chi connectivity index (χ0) is 48.6. The van der Waals surface area contributed by atoms with Gasteiger partial charge in [0, 0.05) is 19.3 Å². The van der Waals surface area contributed by atoms with Crippen LogP contribution in [0.4, 0.5) is 0 Å². The molecule has 67 heavy (non-hydrogen) atoms. The Morgan fingerprint density at radius 3 is 0.866 bits per heavy atom. The molecule has 0 aromatic heterocycles. The molecule has 388 valence electrons. The summed E-state index contributed by atoms with van der Waals surface area (Å²) in [4.78, 5) is 38.2. The number of ether oxygens (including phenoxy) is 3. The Labute approximate surface area is 415 Å². The van der Waals surface area contributed by atoms with Gasteiger partial charge < -0.3 is 14.2 Å². The molecule has 0 bridgehead atoms. The smallest absolute Gasteiger partial charge is 0.306 e. The third kappa shape index (κ3) is 53.9. The fraction of sp³-hybridized carbons (Fsp3) is 0.787. The molecule has 1 atom stereocenters. The Bertz CT molecular complexity index is 1210. The highest BCUT2D eigenvalue weighted by Gasteiger charge is 2.19. The molecule has 0 amide bonds. The van der Waals surface area contributed by atoms with Crippen molar-refractivity contribution in [3.8, 4) is 0 Å². The summed E-state index contributed by atoms with van der Waals surface area (Å²) in [6.45, 7) is 6.59. The van der Waals surface area contributed by atoms with E-state index in [0.717, 1.165) is 96.3 Å². The lowest BCUT2D eigenvalue weighted by atomic mass is 10.0. The van der Waals surface area contributed by atoms with E-state index in [1.165, 1.54) is 154 Å². The topological polar surface area (TPSA) is 78.9 Å². The Hall–Kier alpha value is -2.89. The standard InChI is InChI=1S/C61H108O6/c1-4-7-10-13-16-19-22-25-28-30-33-36-39-42-45-48-51-54-60(63)66-57-58(56-65-59(62)53-50-47-44-41-38-35-32-27-24-21-18-15-12-9-6-3)67-61(64)55-52-49-46-43-40-37-34-31-29-26-23-20-17-14-11-8-5-2/h16-17,19-20,25-26,28-29,34,37,58H,4-15,18,21-24,27,30-33,35-36,38-57H2,1-3H3/b19-16-,20-17-,28-25-,29-26-,37-34-/t58-/m0/s1. The second-order valence-corrected chi connectivity index (χ2v) is 19.2. The molecule has 6 nitrogen and oxygen atoms in total. The molecule has 0 aliphatic rings. The number of hydrogen-bond acceptors (Lipinski definition) is 6. The summed E-state index contributed by atoms with van der Waals surface area (Å²) >= 11 is 0. The molecule has 0 spiro atoms. The van der Waals surface area contributed by atoms with Crippen LogP contribution in [0.3, 0.4) is 0 Å². The molecule has 6 heteroatoms. The summed E-state index contributed by atoms with van der Waals surface area (Å²) < 4.78 is 16.9. The number of hydrogen-bond donors (Lipinski definition) is 0. The molecule has 0 fully saturated rings. The van der Waals surface area contributed by atoms with Crippen LogP contribution in [0, 0.1) is 0 Å². The van der Waals surface area contributed by atoms with Crippen molar-refractivity contribution in [2.75, 3.05) is 13.2 Å². The lowest BCUT2D eigenvalue weighted by Crippen LogP contribution is -2.30. The van der Waals surface area contributed by atoms with Crippen LogP contribution in [0.1, 0.15) is 290 Å². The predicted octanol–water partition coefficient (Wildman–Crippen LogP) is 19.2. The van der Waals surface area contributed by atoms with Gasteiger partial charge in [0.2, 0.25) is 0 Å². The van der Waals surface area contributed by atoms with Crippen molar-refractivity contribution in [2.24, 2.45) is 0 Å². The SMILES string of the molecule is CCCCC/C=C\C/C=C\C/C=C\CCCCCCC(=O)O[C@H](COC(=O)CCCCCCCCC/C=C\C/C=C\CCCCC)COC(=O)CCCCCCCCCCCCCCCCC. The first kappa shape index (κ1) is 64.1. The lowest BCUT2D eigenvalue weighted by molar-refractivity contribution is -0.167. The molecule has 0 aromatic rings. The Balaban J connectivity index is 4.42. The zero-order valence-corrected chi connectivity index (χ0v) is 44.4. The molecule has 0 rings (SSSR count). The summed E-state index contributed by atoms with van der Waals surface area (Å²) in [5.74, 6) is -0.902. The van der Waals surface area contributed by atoms with E-state index in [9.17, 15) is 14.4 Å². The van der Waals surface area contributed by atoms with Crippen LogP contribution in [0.5, 0.6) is 0 Å². The van der Waals surface area contributed by atoms with Gasteiger partial charge in [-0.05, 0) is 89.9 Å². The molecule has 0 N–H and O–H groups in total. The van der Waals surface area contributed by atoms with E-state index in [2.05, 4.69) is 81.5 Å². The molecule has 0 saturated heterocycles. The summed E-state index contributed by atoms with van der Waals surface area (Å²) in [6, 6.07) is 0. The minimum absolute atomic E-state index is 0.0835. The predicted molar refractivity (Wildman–Crippen MR) is 288 cm³/mol. The first-order valence-corrected chi connectivity index (χ1v) is 28.8. The fourth-order valence-corrected chi connectivity index (χ4v) is 8.13. The van der Waals surface area contributed by atoms with Crippen molar-refractivity contribution in [3.05, 3.63) is 60.8 Å². The van der Waals surface area contributed by atoms with Gasteiger partial charge in [0.15, 0.2) is 6.10 Å². The Morgan fingerprint density at radius 1 is 0.299 bits per heavy atom. The van der Waals surface area contributed by atoms with Crippen LogP contribution in [0.15, 0.2) is 60.8 Å². The van der Waals surface area contributed by atoms with Crippen LogP contribution in [0.2, 0.25) is 0 Å². The van der Waals surface area contributed by atoms with Crippen molar-refractivity contribution in [1.82, 2.24) is 0 Å². The first-order chi connectivity index (χ1) is 33.0. The lowest BCUT2D eigenvalue weighted by Gasteiger charge is -2.18. The van der Waals surface area contributed by atoms with Gasteiger partial charge in [0.1, 0.15) is 13.2 Å². The van der Waals surface area contributed by atoms with E-state index >= 15 is 0 Å². The van der Waals surface area contributed by atoms with Crippen molar-refractivity contribution in [1.29, 1.82) is 0 Å². The van der Waals surface area contributed by atoms with Gasteiger partial charge in [-0.2, -0.15) is 0 Å². The van der Waals surface area contributed by atoms with Crippen LogP contribution in [-0.2, 0) is 28.6 Å². The summed E-state index contributed by atoms with van der Waals surface area (Å²) in [7, 11) is 0. The molecule has 0 aliphatic carbocycles. The number of rotatable bonds is 52. The maximum absolute atomic E-state index is 12.8. The van der Waals surface area contributed by atoms with Crippen molar-refractivity contribution in [2.45, 2.75) is 297 Å². The summed E-state index contributed by atoms with van der Waals surface area (Å²) in [5, 5.41) is 0. The average Bonchev–Trinajstić information content (AvgIpc) is 3.33. The fourth-order valence-electron chi connectivity index (χ4n) is 8.13. The van der Waals surface area contributed by atoms with Gasteiger partial charge in [-0.25, -0.2) is 0 Å². The third-order valence-electron chi connectivity index (χ3n) is 12.5. The second kappa shape index (κ2) is 55.7. The highest BCUT2D eigenvalue weighted by molar-refractivity contribution is 5.71. The zero-order valence-electron chi connectivity index (χ0n) is 44.4. The molecular formula is C61H108O6. The number of allylic oxidation sites excluding steroid dienone is 10. The molecule has 0 aromatic carbocycles. The van der Waals surface area contributed by atoms with Gasteiger partial charge in [0.05, 0.1) is 0 Å².